The number of nitrogens with one attached hydrogen (secondary N) is 1. The molecule has 0 spiro atoms. The highest BCUT2D eigenvalue weighted by atomic mass is 16.5. The van der Waals surface area contributed by atoms with Gasteiger partial charge in [0.1, 0.15) is 5.75 Å². The number of benzene rings is 2. The van der Waals surface area contributed by atoms with Crippen LogP contribution in [0.3, 0.4) is 0 Å². The van der Waals surface area contributed by atoms with E-state index < -0.39 is 0 Å². The number of aromatic amines is 1. The number of nitrogens with zero attached hydrogens (tertiary/aromatic N) is 1. The molecule has 150 valence electrons. The molecule has 2 heterocycles. The summed E-state index contributed by atoms with van der Waals surface area (Å²) in [7, 11) is 1.65. The molecule has 5 heteroatoms. The molecule has 2 aromatic carbocycles. The van der Waals surface area contributed by atoms with Gasteiger partial charge in [0.05, 0.1) is 19.6 Å². The van der Waals surface area contributed by atoms with Gasteiger partial charge < -0.3 is 14.6 Å². The molecule has 1 aliphatic rings. The largest absolute Gasteiger partial charge is 0.497 e. The van der Waals surface area contributed by atoms with Crippen LogP contribution in [-0.2, 0) is 11.2 Å². The SMILES string of the molecule is COc1ccc(C2CCCCCN2C(=O)Cc2cc3ccccc3[nH]c2=O)cc1. The summed E-state index contributed by atoms with van der Waals surface area (Å²) in [6, 6.07) is 17.5. The molecule has 1 amide bonds. The Hall–Kier alpha value is -3.08. The van der Waals surface area contributed by atoms with Crippen molar-refractivity contribution in [3.63, 3.8) is 0 Å². The first kappa shape index (κ1) is 19.2. The molecule has 4 rings (SSSR count). The van der Waals surface area contributed by atoms with Crippen molar-refractivity contribution in [3.05, 3.63) is 76.1 Å². The van der Waals surface area contributed by atoms with Gasteiger partial charge in [0.25, 0.3) is 5.56 Å². The minimum atomic E-state index is -0.187. The Morgan fingerprint density at radius 2 is 1.90 bits per heavy atom. The van der Waals surface area contributed by atoms with Gasteiger partial charge in [0.15, 0.2) is 0 Å². The molecule has 1 N–H and O–H groups in total. The minimum absolute atomic E-state index is 0.00787. The van der Waals surface area contributed by atoms with Crippen LogP contribution in [0, 0.1) is 0 Å². The van der Waals surface area contributed by atoms with Crippen molar-refractivity contribution >= 4 is 16.8 Å². The summed E-state index contributed by atoms with van der Waals surface area (Å²) < 4.78 is 5.26. The quantitative estimate of drug-likeness (QED) is 0.725. The Bertz CT molecular complexity index is 1060. The maximum atomic E-state index is 13.3. The Morgan fingerprint density at radius 3 is 2.69 bits per heavy atom. The molecule has 0 radical (unpaired) electrons. The molecule has 29 heavy (non-hydrogen) atoms. The van der Waals surface area contributed by atoms with E-state index in [2.05, 4.69) is 4.98 Å². The predicted molar refractivity (Wildman–Crippen MR) is 114 cm³/mol. The van der Waals surface area contributed by atoms with Gasteiger partial charge in [-0.3, -0.25) is 9.59 Å². The van der Waals surface area contributed by atoms with Crippen molar-refractivity contribution in [3.8, 4) is 5.75 Å². The smallest absolute Gasteiger partial charge is 0.252 e. The number of hydrogen-bond acceptors (Lipinski definition) is 3. The third-order valence-corrected chi connectivity index (χ3v) is 5.75. The number of amides is 1. The first-order valence-electron chi connectivity index (χ1n) is 10.2. The van der Waals surface area contributed by atoms with Crippen molar-refractivity contribution in [2.75, 3.05) is 13.7 Å². The summed E-state index contributed by atoms with van der Waals surface area (Å²) in [4.78, 5) is 30.6. The van der Waals surface area contributed by atoms with Crippen molar-refractivity contribution < 1.29 is 9.53 Å². The van der Waals surface area contributed by atoms with E-state index in [0.717, 1.165) is 54.4 Å². The molecular formula is C24H26N2O3. The lowest BCUT2D eigenvalue weighted by atomic mass is 10.00. The fraction of sp³-hybridized carbons (Fsp3) is 0.333. The fourth-order valence-corrected chi connectivity index (χ4v) is 4.17. The zero-order valence-corrected chi connectivity index (χ0v) is 16.7. The van der Waals surface area contributed by atoms with E-state index in [0.29, 0.717) is 5.56 Å². The van der Waals surface area contributed by atoms with Crippen LogP contribution < -0.4 is 10.3 Å². The van der Waals surface area contributed by atoms with Gasteiger partial charge in [-0.25, -0.2) is 0 Å². The molecule has 0 saturated carbocycles. The third kappa shape index (κ3) is 4.19. The van der Waals surface area contributed by atoms with Crippen LogP contribution in [0.5, 0.6) is 5.75 Å². The molecule has 1 atom stereocenters. The van der Waals surface area contributed by atoms with Gasteiger partial charge in [-0.15, -0.1) is 0 Å². The van der Waals surface area contributed by atoms with E-state index in [4.69, 9.17) is 4.74 Å². The second kappa shape index (κ2) is 8.52. The summed E-state index contributed by atoms with van der Waals surface area (Å²) >= 11 is 0. The lowest BCUT2D eigenvalue weighted by molar-refractivity contribution is -0.132. The number of rotatable bonds is 4. The molecule has 1 unspecified atom stereocenters. The molecule has 0 bridgehead atoms. The van der Waals surface area contributed by atoms with Crippen LogP contribution in [0.1, 0.15) is 42.9 Å². The number of aromatic nitrogens is 1. The minimum Gasteiger partial charge on any atom is -0.497 e. The summed E-state index contributed by atoms with van der Waals surface area (Å²) in [5.41, 5.74) is 2.24. The van der Waals surface area contributed by atoms with Crippen molar-refractivity contribution in [2.45, 2.75) is 38.1 Å². The number of H-pyrrole nitrogens is 1. The number of pyridine rings is 1. The van der Waals surface area contributed by atoms with Crippen molar-refractivity contribution in [2.24, 2.45) is 0 Å². The van der Waals surface area contributed by atoms with Crippen LogP contribution in [-0.4, -0.2) is 29.4 Å². The van der Waals surface area contributed by atoms with Gasteiger partial charge in [0, 0.05) is 17.6 Å². The maximum absolute atomic E-state index is 13.3. The second-order valence-corrected chi connectivity index (χ2v) is 7.61. The second-order valence-electron chi connectivity index (χ2n) is 7.61. The zero-order valence-electron chi connectivity index (χ0n) is 16.7. The molecule has 1 aliphatic heterocycles. The third-order valence-electron chi connectivity index (χ3n) is 5.75. The maximum Gasteiger partial charge on any atom is 0.252 e. The Balaban J connectivity index is 1.60. The van der Waals surface area contributed by atoms with Crippen molar-refractivity contribution in [1.29, 1.82) is 0 Å². The first-order chi connectivity index (χ1) is 14.2. The molecule has 1 saturated heterocycles. The monoisotopic (exact) mass is 390 g/mol. The van der Waals surface area contributed by atoms with E-state index in [9.17, 15) is 9.59 Å². The molecular weight excluding hydrogens is 364 g/mol. The number of para-hydroxylation sites is 1. The van der Waals surface area contributed by atoms with Crippen LogP contribution >= 0.6 is 0 Å². The number of carbonyl (C=O) groups is 1. The molecule has 1 aromatic heterocycles. The summed E-state index contributed by atoms with van der Waals surface area (Å²) in [5.74, 6) is 0.816. The lowest BCUT2D eigenvalue weighted by Gasteiger charge is -2.30. The number of likely N-dealkylation sites (tertiary alicyclic amines) is 1. The average molecular weight is 390 g/mol. The van der Waals surface area contributed by atoms with Gasteiger partial charge in [-0.05, 0) is 48.1 Å². The highest BCUT2D eigenvalue weighted by molar-refractivity contribution is 5.83. The fourth-order valence-electron chi connectivity index (χ4n) is 4.17. The standard InChI is InChI=1S/C24H26N2O3/c1-29-20-12-10-17(11-13-20)22-9-3-2-6-14-26(22)23(27)16-19-15-18-7-4-5-8-21(18)25-24(19)28/h4-5,7-8,10-13,15,22H,2-3,6,9,14,16H2,1H3,(H,25,28). The van der Waals surface area contributed by atoms with Gasteiger partial charge in [-0.1, -0.05) is 43.2 Å². The van der Waals surface area contributed by atoms with Gasteiger partial charge >= 0.3 is 0 Å². The zero-order chi connectivity index (χ0) is 20.2. The van der Waals surface area contributed by atoms with Crippen LogP contribution in [0.25, 0.3) is 10.9 Å². The van der Waals surface area contributed by atoms with Crippen LogP contribution in [0.4, 0.5) is 0 Å². The van der Waals surface area contributed by atoms with E-state index in [-0.39, 0.29) is 23.9 Å². The Morgan fingerprint density at radius 1 is 1.10 bits per heavy atom. The summed E-state index contributed by atoms with van der Waals surface area (Å²) in [6.07, 6.45) is 4.26. The lowest BCUT2D eigenvalue weighted by Crippen LogP contribution is -2.36. The van der Waals surface area contributed by atoms with Crippen molar-refractivity contribution in [1.82, 2.24) is 9.88 Å². The number of hydrogen-bond donors (Lipinski definition) is 1. The number of ether oxygens (including phenoxy) is 1. The van der Waals surface area contributed by atoms with E-state index in [1.54, 1.807) is 7.11 Å². The van der Waals surface area contributed by atoms with Crippen LogP contribution in [0.15, 0.2) is 59.4 Å². The number of carbonyl (C=O) groups excluding carboxylic acids is 1. The van der Waals surface area contributed by atoms with Crippen LogP contribution in [0.2, 0.25) is 0 Å². The topological polar surface area (TPSA) is 62.4 Å². The molecule has 5 nitrogen and oxygen atoms in total. The van der Waals surface area contributed by atoms with Gasteiger partial charge in [0.2, 0.25) is 5.91 Å². The summed E-state index contributed by atoms with van der Waals surface area (Å²) in [6.45, 7) is 0.723. The Kier molecular flexibility index (Phi) is 5.65. The average Bonchev–Trinajstić information content (AvgIpc) is 3.00. The highest BCUT2D eigenvalue weighted by Crippen LogP contribution is 2.31. The van der Waals surface area contributed by atoms with E-state index in [1.165, 1.54) is 0 Å². The Labute approximate surface area is 170 Å². The number of methoxy groups -OCH3 is 1. The molecule has 0 aliphatic carbocycles. The normalized spacial score (nSPS) is 17.1. The van der Waals surface area contributed by atoms with Gasteiger partial charge in [-0.2, -0.15) is 0 Å². The summed E-state index contributed by atoms with van der Waals surface area (Å²) in [5, 5.41) is 0.942. The van der Waals surface area contributed by atoms with E-state index in [1.807, 2.05) is 59.5 Å². The predicted octanol–water partition coefficient (Wildman–Crippen LogP) is 4.22. The van der Waals surface area contributed by atoms with E-state index >= 15 is 0 Å². The first-order valence-corrected chi connectivity index (χ1v) is 10.2. The molecule has 3 aromatic rings. The number of fused-ring (bicyclic) bond motifs is 1. The highest BCUT2D eigenvalue weighted by Gasteiger charge is 2.27. The molecule has 1 fully saturated rings.